The number of amides is 1. The Hall–Kier alpha value is -1.49. The van der Waals surface area contributed by atoms with Crippen LogP contribution in [0.1, 0.15) is 32.6 Å². The molecule has 1 fully saturated rings. The number of carboxylic acid groups (broad SMARTS) is 1. The maximum absolute atomic E-state index is 12.1. The smallest absolute Gasteiger partial charge is 0.306 e. The summed E-state index contributed by atoms with van der Waals surface area (Å²) in [4.78, 5) is 23.1. The number of carbonyl (C=O) groups is 2. The van der Waals surface area contributed by atoms with E-state index in [9.17, 15) is 9.59 Å². The van der Waals surface area contributed by atoms with E-state index in [0.29, 0.717) is 5.25 Å². The highest BCUT2D eigenvalue weighted by Crippen LogP contribution is 2.34. The monoisotopic (exact) mass is 307 g/mol. The van der Waals surface area contributed by atoms with Gasteiger partial charge in [-0.15, -0.1) is 11.8 Å². The topological polar surface area (TPSA) is 66.4 Å². The summed E-state index contributed by atoms with van der Waals surface area (Å²) in [6.45, 7) is 1.91. The van der Waals surface area contributed by atoms with E-state index in [0.717, 1.165) is 31.4 Å². The van der Waals surface area contributed by atoms with Crippen molar-refractivity contribution < 1.29 is 14.7 Å². The van der Waals surface area contributed by atoms with Crippen molar-refractivity contribution >= 4 is 29.3 Å². The first-order chi connectivity index (χ1) is 10.1. The maximum atomic E-state index is 12.1. The molecule has 1 aliphatic rings. The molecule has 1 unspecified atom stereocenters. The maximum Gasteiger partial charge on any atom is 0.306 e. The molecular formula is C16H21NO3S. The average molecular weight is 307 g/mol. The Balaban J connectivity index is 1.78. The third-order valence-electron chi connectivity index (χ3n) is 3.83. The van der Waals surface area contributed by atoms with Crippen LogP contribution in [0.3, 0.4) is 0 Å². The van der Waals surface area contributed by atoms with Crippen LogP contribution in [0.5, 0.6) is 0 Å². The molecule has 5 heteroatoms. The summed E-state index contributed by atoms with van der Waals surface area (Å²) < 4.78 is 0. The lowest BCUT2D eigenvalue weighted by atomic mass is 9.89. The molecule has 4 nitrogen and oxygen atoms in total. The lowest BCUT2D eigenvalue weighted by molar-refractivity contribution is -0.142. The number of para-hydroxylation sites is 1. The third kappa shape index (κ3) is 4.77. The predicted molar refractivity (Wildman–Crippen MR) is 85.5 cm³/mol. The summed E-state index contributed by atoms with van der Waals surface area (Å²) in [5.74, 6) is -0.879. The fourth-order valence-corrected chi connectivity index (χ4v) is 3.87. The van der Waals surface area contributed by atoms with Crippen molar-refractivity contribution in [1.82, 2.24) is 0 Å². The van der Waals surface area contributed by atoms with Crippen LogP contribution < -0.4 is 5.32 Å². The average Bonchev–Trinajstić information content (AvgIpc) is 2.48. The Bertz CT molecular complexity index is 484. The molecule has 0 radical (unpaired) electrons. The van der Waals surface area contributed by atoms with Gasteiger partial charge in [0.05, 0.1) is 11.2 Å². The molecule has 1 aliphatic carbocycles. The number of anilines is 1. The molecule has 1 saturated carbocycles. The van der Waals surface area contributed by atoms with E-state index in [4.69, 9.17) is 5.11 Å². The van der Waals surface area contributed by atoms with Gasteiger partial charge in [0.2, 0.25) is 5.91 Å². The van der Waals surface area contributed by atoms with Gasteiger partial charge in [0.25, 0.3) is 0 Å². The summed E-state index contributed by atoms with van der Waals surface area (Å²) in [7, 11) is 0. The Kier molecular flexibility index (Phi) is 5.67. The van der Waals surface area contributed by atoms with E-state index in [1.807, 2.05) is 37.3 Å². The first-order valence-corrected chi connectivity index (χ1v) is 8.24. The largest absolute Gasteiger partial charge is 0.481 e. The zero-order valence-corrected chi connectivity index (χ0v) is 12.9. The minimum absolute atomic E-state index is 0.00607. The highest BCUT2D eigenvalue weighted by Gasteiger charge is 2.28. The zero-order valence-electron chi connectivity index (χ0n) is 12.1. The third-order valence-corrected chi connectivity index (χ3v) is 5.31. The number of hydrogen-bond acceptors (Lipinski definition) is 3. The van der Waals surface area contributed by atoms with Crippen molar-refractivity contribution in [3.63, 3.8) is 0 Å². The molecule has 1 amide bonds. The molecule has 0 aromatic heterocycles. The minimum atomic E-state index is -0.687. The second kappa shape index (κ2) is 7.50. The van der Waals surface area contributed by atoms with E-state index < -0.39 is 5.97 Å². The number of rotatable bonds is 5. The highest BCUT2D eigenvalue weighted by molar-refractivity contribution is 8.01. The number of carbonyl (C=O) groups excluding carboxylic acids is 1. The van der Waals surface area contributed by atoms with Crippen molar-refractivity contribution in [3.8, 4) is 0 Å². The van der Waals surface area contributed by atoms with Gasteiger partial charge in [0.15, 0.2) is 0 Å². The molecular weight excluding hydrogens is 286 g/mol. The normalized spacial score (nSPS) is 23.3. The Morgan fingerprint density at radius 1 is 1.19 bits per heavy atom. The SMILES string of the molecule is CC(SC1CCC(C(=O)O)CC1)C(=O)Nc1ccccc1. The van der Waals surface area contributed by atoms with E-state index in [1.54, 1.807) is 11.8 Å². The molecule has 114 valence electrons. The first kappa shape index (κ1) is 15.9. The summed E-state index contributed by atoms with van der Waals surface area (Å²) in [6.07, 6.45) is 3.20. The van der Waals surface area contributed by atoms with Crippen molar-refractivity contribution in [3.05, 3.63) is 30.3 Å². The molecule has 0 aliphatic heterocycles. The molecule has 1 aromatic rings. The molecule has 0 saturated heterocycles. The molecule has 1 atom stereocenters. The number of benzene rings is 1. The van der Waals surface area contributed by atoms with Gasteiger partial charge in [0.1, 0.15) is 0 Å². The van der Waals surface area contributed by atoms with Crippen molar-refractivity contribution in [2.75, 3.05) is 5.32 Å². The molecule has 0 spiro atoms. The summed E-state index contributed by atoms with van der Waals surface area (Å²) >= 11 is 1.66. The molecule has 0 bridgehead atoms. The van der Waals surface area contributed by atoms with Gasteiger partial charge in [-0.05, 0) is 44.7 Å². The van der Waals surface area contributed by atoms with Gasteiger partial charge in [-0.25, -0.2) is 0 Å². The van der Waals surface area contributed by atoms with Crippen molar-refractivity contribution in [2.45, 2.75) is 43.1 Å². The van der Waals surface area contributed by atoms with Crippen LogP contribution in [0, 0.1) is 5.92 Å². The van der Waals surface area contributed by atoms with E-state index in [-0.39, 0.29) is 17.1 Å². The van der Waals surface area contributed by atoms with Gasteiger partial charge in [-0.3, -0.25) is 9.59 Å². The zero-order chi connectivity index (χ0) is 15.2. The van der Waals surface area contributed by atoms with Crippen LogP contribution in [-0.4, -0.2) is 27.5 Å². The van der Waals surface area contributed by atoms with Crippen LogP contribution in [-0.2, 0) is 9.59 Å². The summed E-state index contributed by atoms with van der Waals surface area (Å²) in [6, 6.07) is 9.43. The van der Waals surface area contributed by atoms with Gasteiger partial charge in [-0.1, -0.05) is 18.2 Å². The Labute approximate surface area is 129 Å². The summed E-state index contributed by atoms with van der Waals surface area (Å²) in [5.41, 5.74) is 0.810. The molecule has 0 heterocycles. The summed E-state index contributed by atoms with van der Waals surface area (Å²) in [5, 5.41) is 12.2. The highest BCUT2D eigenvalue weighted by atomic mass is 32.2. The van der Waals surface area contributed by atoms with Crippen molar-refractivity contribution in [1.29, 1.82) is 0 Å². The fraction of sp³-hybridized carbons (Fsp3) is 0.500. The lowest BCUT2D eigenvalue weighted by Gasteiger charge is -2.27. The number of nitrogens with one attached hydrogen (secondary N) is 1. The van der Waals surface area contributed by atoms with Crippen LogP contribution in [0.15, 0.2) is 30.3 Å². The van der Waals surface area contributed by atoms with Crippen molar-refractivity contribution in [2.24, 2.45) is 5.92 Å². The number of aliphatic carboxylic acids is 1. The van der Waals surface area contributed by atoms with Gasteiger partial charge < -0.3 is 10.4 Å². The number of carboxylic acids is 1. The van der Waals surface area contributed by atoms with Gasteiger partial charge in [-0.2, -0.15) is 0 Å². The van der Waals surface area contributed by atoms with Gasteiger partial charge in [0, 0.05) is 10.9 Å². The Morgan fingerprint density at radius 3 is 2.38 bits per heavy atom. The second-order valence-corrected chi connectivity index (χ2v) is 7.09. The van der Waals surface area contributed by atoms with Crippen LogP contribution >= 0.6 is 11.8 Å². The van der Waals surface area contributed by atoms with Crippen LogP contribution in [0.4, 0.5) is 5.69 Å². The van der Waals surface area contributed by atoms with E-state index >= 15 is 0 Å². The number of thioether (sulfide) groups is 1. The van der Waals surface area contributed by atoms with Crippen LogP contribution in [0.2, 0.25) is 0 Å². The molecule has 2 N–H and O–H groups in total. The molecule has 21 heavy (non-hydrogen) atoms. The fourth-order valence-electron chi connectivity index (χ4n) is 2.56. The van der Waals surface area contributed by atoms with Crippen LogP contribution in [0.25, 0.3) is 0 Å². The molecule has 1 aromatic carbocycles. The first-order valence-electron chi connectivity index (χ1n) is 7.30. The second-order valence-electron chi connectivity index (χ2n) is 5.45. The molecule has 2 rings (SSSR count). The van der Waals surface area contributed by atoms with E-state index in [2.05, 4.69) is 5.32 Å². The predicted octanol–water partition coefficient (Wildman–Crippen LogP) is 3.39. The standard InChI is InChI=1S/C16H21NO3S/c1-11(15(18)17-13-5-3-2-4-6-13)21-14-9-7-12(8-10-14)16(19)20/h2-6,11-12,14H,7-10H2,1H3,(H,17,18)(H,19,20). The number of hydrogen-bond donors (Lipinski definition) is 2. The quantitative estimate of drug-likeness (QED) is 0.875. The Morgan fingerprint density at radius 2 is 1.81 bits per heavy atom. The van der Waals surface area contributed by atoms with Gasteiger partial charge >= 0.3 is 5.97 Å². The minimum Gasteiger partial charge on any atom is -0.481 e. The van der Waals surface area contributed by atoms with E-state index in [1.165, 1.54) is 0 Å². The lowest BCUT2D eigenvalue weighted by Crippen LogP contribution is -2.28.